The first-order chi connectivity index (χ1) is 16.0. The van der Waals surface area contributed by atoms with Gasteiger partial charge in [0.1, 0.15) is 34.5 Å². The maximum absolute atomic E-state index is 12.6. The van der Waals surface area contributed by atoms with E-state index in [9.17, 15) is 4.79 Å². The van der Waals surface area contributed by atoms with E-state index in [1.54, 1.807) is 38.5 Å². The number of thioether (sulfide) groups is 1. The van der Waals surface area contributed by atoms with Gasteiger partial charge in [0.15, 0.2) is 0 Å². The average Bonchev–Trinajstić information content (AvgIpc) is 3.43. The smallest absolute Gasteiger partial charge is 0.264 e. The lowest BCUT2D eigenvalue weighted by molar-refractivity contribution is -0.116. The topological polar surface area (TPSA) is 130 Å². The van der Waals surface area contributed by atoms with Crippen LogP contribution in [0.1, 0.15) is 0 Å². The fourth-order valence-corrected chi connectivity index (χ4v) is 3.71. The van der Waals surface area contributed by atoms with Gasteiger partial charge < -0.3 is 25.0 Å². The summed E-state index contributed by atoms with van der Waals surface area (Å²) >= 11 is 1.37. The molecule has 2 aromatic carbocycles. The lowest BCUT2D eigenvalue weighted by Crippen LogP contribution is -2.20. The summed E-state index contributed by atoms with van der Waals surface area (Å²) in [4.78, 5) is 17.1. The summed E-state index contributed by atoms with van der Waals surface area (Å²) in [7, 11) is 3.16. The molecule has 0 aliphatic carbocycles. The molecule has 10 nitrogen and oxygen atoms in total. The molecule has 0 atom stereocenters. The van der Waals surface area contributed by atoms with Gasteiger partial charge in [0.05, 0.1) is 14.2 Å². The van der Waals surface area contributed by atoms with Crippen LogP contribution in [0.2, 0.25) is 0 Å². The number of amides is 1. The second kappa shape index (κ2) is 9.65. The van der Waals surface area contributed by atoms with Crippen LogP contribution in [0.4, 0.5) is 11.5 Å². The van der Waals surface area contributed by atoms with Crippen molar-refractivity contribution < 1.29 is 18.8 Å². The van der Waals surface area contributed by atoms with Crippen LogP contribution in [-0.2, 0) is 11.3 Å². The van der Waals surface area contributed by atoms with E-state index in [0.717, 1.165) is 11.3 Å². The van der Waals surface area contributed by atoms with Crippen molar-refractivity contribution in [1.29, 1.82) is 0 Å². The highest BCUT2D eigenvalue weighted by Gasteiger charge is 2.24. The summed E-state index contributed by atoms with van der Waals surface area (Å²) < 4.78 is 17.2. The Morgan fingerprint density at radius 3 is 2.61 bits per heavy atom. The van der Waals surface area contributed by atoms with Gasteiger partial charge in [-0.3, -0.25) is 4.79 Å². The van der Waals surface area contributed by atoms with Gasteiger partial charge in [-0.15, -0.1) is 11.8 Å². The van der Waals surface area contributed by atoms with Gasteiger partial charge in [0, 0.05) is 17.3 Å². The Morgan fingerprint density at radius 1 is 1.15 bits per heavy atom. The quantitative estimate of drug-likeness (QED) is 0.374. The van der Waals surface area contributed by atoms with Gasteiger partial charge in [-0.2, -0.15) is 10.1 Å². The number of anilines is 2. The minimum atomic E-state index is -0.291. The molecule has 0 fully saturated rings. The first-order valence-corrected chi connectivity index (χ1v) is 11.1. The highest BCUT2D eigenvalue weighted by molar-refractivity contribution is 7.98. The zero-order valence-corrected chi connectivity index (χ0v) is 19.0. The molecule has 1 amide bonds. The molecule has 0 unspecified atom stereocenters. The van der Waals surface area contributed by atoms with Crippen LogP contribution in [0.25, 0.3) is 22.8 Å². The van der Waals surface area contributed by atoms with Crippen LogP contribution in [-0.4, -0.2) is 46.3 Å². The molecule has 2 heterocycles. The molecular formula is C22H22N6O4S. The Morgan fingerprint density at radius 2 is 1.91 bits per heavy atom. The molecular weight excluding hydrogens is 444 g/mol. The van der Waals surface area contributed by atoms with Crippen LogP contribution in [0.3, 0.4) is 0 Å². The fraction of sp³-hybridized carbons (Fsp3) is 0.182. The molecule has 11 heteroatoms. The number of nitrogens with two attached hydrogens (primary N) is 1. The van der Waals surface area contributed by atoms with Crippen molar-refractivity contribution >= 4 is 29.2 Å². The van der Waals surface area contributed by atoms with Crippen LogP contribution in [0.15, 0.2) is 58.1 Å². The first-order valence-electron chi connectivity index (χ1n) is 9.85. The summed E-state index contributed by atoms with van der Waals surface area (Å²) in [6, 6.07) is 14.4. The van der Waals surface area contributed by atoms with E-state index in [1.807, 2.05) is 30.5 Å². The normalized spacial score (nSPS) is 10.8. The summed E-state index contributed by atoms with van der Waals surface area (Å²) in [5.74, 6) is 1.96. The summed E-state index contributed by atoms with van der Waals surface area (Å²) in [5, 5.41) is 11.9. The molecule has 0 bridgehead atoms. The zero-order chi connectivity index (χ0) is 23.4. The number of nitrogens with zero attached hydrogens (tertiary/aromatic N) is 4. The third kappa shape index (κ3) is 4.77. The molecule has 4 aromatic rings. The Hall–Kier alpha value is -3.99. The largest absolute Gasteiger partial charge is 0.497 e. The Labute approximate surface area is 194 Å². The second-order valence-electron chi connectivity index (χ2n) is 6.86. The van der Waals surface area contributed by atoms with Crippen LogP contribution in [0, 0.1) is 0 Å². The number of methoxy groups -OCH3 is 2. The van der Waals surface area contributed by atoms with Gasteiger partial charge in [-0.1, -0.05) is 11.2 Å². The molecule has 0 spiro atoms. The standard InChI is InChI=1S/C22H22N6O4S/c1-30-15-9-7-13(8-10-15)20-25-21(32-27-20)18-19(23)28(26-22(18)33-3)12-17(29)24-14-5-4-6-16(11-14)31-2/h4-11H,12,23H2,1-3H3,(H,24,29). The number of carbonyl (C=O) groups is 1. The van der Waals surface area contributed by atoms with Crippen molar-refractivity contribution in [3.8, 4) is 34.3 Å². The lowest BCUT2D eigenvalue weighted by atomic mass is 10.2. The van der Waals surface area contributed by atoms with E-state index in [1.165, 1.54) is 16.4 Å². The predicted octanol–water partition coefficient (Wildman–Crippen LogP) is 3.56. The van der Waals surface area contributed by atoms with E-state index >= 15 is 0 Å². The number of nitrogens with one attached hydrogen (secondary N) is 1. The monoisotopic (exact) mass is 466 g/mol. The highest BCUT2D eigenvalue weighted by Crippen LogP contribution is 2.35. The fourth-order valence-electron chi connectivity index (χ4n) is 3.14. The number of hydrogen-bond donors (Lipinski definition) is 2. The third-order valence-corrected chi connectivity index (χ3v) is 5.46. The zero-order valence-electron chi connectivity index (χ0n) is 18.2. The summed E-state index contributed by atoms with van der Waals surface area (Å²) in [5.41, 5.74) is 8.19. The number of benzene rings is 2. The van der Waals surface area contributed by atoms with Crippen LogP contribution in [0.5, 0.6) is 11.5 Å². The van der Waals surface area contributed by atoms with Crippen molar-refractivity contribution in [2.75, 3.05) is 31.5 Å². The molecule has 0 saturated carbocycles. The highest BCUT2D eigenvalue weighted by atomic mass is 32.2. The van der Waals surface area contributed by atoms with Crippen molar-refractivity contribution in [2.24, 2.45) is 0 Å². The number of hydrogen-bond acceptors (Lipinski definition) is 9. The van der Waals surface area contributed by atoms with E-state index in [0.29, 0.717) is 27.9 Å². The van der Waals surface area contributed by atoms with Crippen molar-refractivity contribution in [3.05, 3.63) is 48.5 Å². The Balaban J connectivity index is 1.56. The summed E-state index contributed by atoms with van der Waals surface area (Å²) in [6.07, 6.45) is 1.85. The molecule has 33 heavy (non-hydrogen) atoms. The van der Waals surface area contributed by atoms with Crippen molar-refractivity contribution in [1.82, 2.24) is 19.9 Å². The molecule has 0 radical (unpaired) electrons. The maximum Gasteiger partial charge on any atom is 0.264 e. The number of aromatic nitrogens is 4. The minimum Gasteiger partial charge on any atom is -0.497 e. The van der Waals surface area contributed by atoms with E-state index in [-0.39, 0.29) is 24.2 Å². The summed E-state index contributed by atoms with van der Waals surface area (Å²) in [6.45, 7) is -0.0872. The van der Waals surface area contributed by atoms with Crippen LogP contribution >= 0.6 is 11.8 Å². The number of nitrogen functional groups attached to an aromatic ring is 1. The van der Waals surface area contributed by atoms with Crippen molar-refractivity contribution in [2.45, 2.75) is 11.6 Å². The lowest BCUT2D eigenvalue weighted by Gasteiger charge is -2.08. The first kappa shape index (κ1) is 22.2. The molecule has 3 N–H and O–H groups in total. The Kier molecular flexibility index (Phi) is 6.50. The van der Waals surface area contributed by atoms with E-state index in [4.69, 9.17) is 19.7 Å². The van der Waals surface area contributed by atoms with Crippen LogP contribution < -0.4 is 20.5 Å². The Bertz CT molecular complexity index is 1270. The SMILES string of the molecule is COc1ccc(-c2noc(-c3c(SC)nn(CC(=O)Nc4cccc(OC)c4)c3N)n2)cc1. The van der Waals surface area contributed by atoms with Crippen molar-refractivity contribution in [3.63, 3.8) is 0 Å². The third-order valence-electron chi connectivity index (χ3n) is 4.79. The molecule has 2 aromatic heterocycles. The number of rotatable bonds is 8. The van der Waals surface area contributed by atoms with Gasteiger partial charge >= 0.3 is 0 Å². The number of carbonyl (C=O) groups excluding carboxylic acids is 1. The average molecular weight is 467 g/mol. The predicted molar refractivity (Wildman–Crippen MR) is 125 cm³/mol. The molecule has 0 aliphatic heterocycles. The van der Waals surface area contributed by atoms with Gasteiger partial charge in [0.25, 0.3) is 5.89 Å². The van der Waals surface area contributed by atoms with E-state index in [2.05, 4.69) is 20.6 Å². The number of ether oxygens (including phenoxy) is 2. The van der Waals surface area contributed by atoms with E-state index < -0.39 is 0 Å². The van der Waals surface area contributed by atoms with Gasteiger partial charge in [-0.05, 0) is 42.7 Å². The second-order valence-corrected chi connectivity index (χ2v) is 7.65. The molecule has 0 saturated heterocycles. The minimum absolute atomic E-state index is 0.0872. The molecule has 170 valence electrons. The van der Waals surface area contributed by atoms with Gasteiger partial charge in [0.2, 0.25) is 11.7 Å². The molecule has 0 aliphatic rings. The van der Waals surface area contributed by atoms with Gasteiger partial charge in [-0.25, -0.2) is 4.68 Å². The molecule has 4 rings (SSSR count). The maximum atomic E-state index is 12.6.